The summed E-state index contributed by atoms with van der Waals surface area (Å²) in [5, 5.41) is 16.3. The zero-order valence-electron chi connectivity index (χ0n) is 9.02. The number of nitrogens with one attached hydrogen (secondary N) is 1. The number of aromatic amines is 1. The summed E-state index contributed by atoms with van der Waals surface area (Å²) in [6.45, 7) is 4.59. The van der Waals surface area contributed by atoms with Gasteiger partial charge in [0.2, 0.25) is 0 Å². The lowest BCUT2D eigenvalue weighted by Gasteiger charge is -2.21. The first kappa shape index (κ1) is 10.9. The lowest BCUT2D eigenvalue weighted by Crippen LogP contribution is -2.37. The van der Waals surface area contributed by atoms with Crippen molar-refractivity contribution in [3.05, 3.63) is 30.1 Å². The minimum atomic E-state index is -1.10. The molecule has 0 spiro atoms. The molecule has 5 nitrogen and oxygen atoms in total. The van der Waals surface area contributed by atoms with Crippen molar-refractivity contribution in [3.8, 4) is 0 Å². The number of aryl methyl sites for hydroxylation is 1. The maximum absolute atomic E-state index is 11.8. The van der Waals surface area contributed by atoms with Gasteiger partial charge in [0.25, 0.3) is 5.91 Å². The zero-order chi connectivity index (χ0) is 11.5. The van der Waals surface area contributed by atoms with Crippen molar-refractivity contribution in [2.24, 2.45) is 0 Å². The number of hydrogen-bond acceptors (Lipinski definition) is 3. The molecule has 1 aliphatic heterocycles. The third-order valence-corrected chi connectivity index (χ3v) is 2.81. The second kappa shape index (κ2) is 4.49. The van der Waals surface area contributed by atoms with Crippen LogP contribution in [0, 0.1) is 0 Å². The van der Waals surface area contributed by atoms with Crippen molar-refractivity contribution in [2.75, 3.05) is 6.54 Å². The summed E-state index contributed by atoms with van der Waals surface area (Å²) in [5.41, 5.74) is 2.12. The topological polar surface area (TPSA) is 69.2 Å². The standard InChI is InChI=1S/C11H15N3O2/c1-2-10(15)11(16)14-5-3-4-9-8(7-14)6-12-13-9/h2,6,10,15H,1,3-5,7H2,(H,12,13). The number of fused-ring (bicyclic) bond motifs is 1. The highest BCUT2D eigenvalue weighted by atomic mass is 16.3. The van der Waals surface area contributed by atoms with Gasteiger partial charge in [-0.05, 0) is 12.8 Å². The summed E-state index contributed by atoms with van der Waals surface area (Å²) < 4.78 is 0. The van der Waals surface area contributed by atoms with Gasteiger partial charge in [0.15, 0.2) is 6.10 Å². The van der Waals surface area contributed by atoms with Crippen LogP contribution in [0.2, 0.25) is 0 Å². The minimum Gasteiger partial charge on any atom is -0.379 e. The van der Waals surface area contributed by atoms with E-state index in [0.717, 1.165) is 24.1 Å². The molecule has 1 atom stereocenters. The molecule has 2 heterocycles. The molecule has 0 saturated heterocycles. The number of nitrogens with zero attached hydrogens (tertiary/aromatic N) is 2. The van der Waals surface area contributed by atoms with Gasteiger partial charge in [-0.1, -0.05) is 12.7 Å². The van der Waals surface area contributed by atoms with E-state index < -0.39 is 6.10 Å². The average Bonchev–Trinajstić information content (AvgIpc) is 2.64. The molecule has 1 amide bonds. The molecule has 2 N–H and O–H groups in total. The summed E-state index contributed by atoms with van der Waals surface area (Å²) in [6.07, 6.45) is 3.66. The van der Waals surface area contributed by atoms with Crippen molar-refractivity contribution in [2.45, 2.75) is 25.5 Å². The molecule has 0 aliphatic carbocycles. The quantitative estimate of drug-likeness (QED) is 0.702. The number of rotatable bonds is 2. The Hall–Kier alpha value is -1.62. The Balaban J connectivity index is 2.13. The lowest BCUT2D eigenvalue weighted by atomic mass is 10.2. The van der Waals surface area contributed by atoms with Crippen molar-refractivity contribution in [1.82, 2.24) is 15.1 Å². The first-order valence-corrected chi connectivity index (χ1v) is 5.33. The smallest absolute Gasteiger partial charge is 0.255 e. The number of aliphatic hydroxyl groups is 1. The van der Waals surface area contributed by atoms with Gasteiger partial charge in [0, 0.05) is 24.3 Å². The van der Waals surface area contributed by atoms with E-state index in [1.54, 1.807) is 11.1 Å². The number of aliphatic hydroxyl groups excluding tert-OH is 1. The molecule has 86 valence electrons. The number of H-pyrrole nitrogens is 1. The van der Waals surface area contributed by atoms with Crippen LogP contribution in [0.5, 0.6) is 0 Å². The van der Waals surface area contributed by atoms with Crippen LogP contribution in [0.25, 0.3) is 0 Å². The van der Waals surface area contributed by atoms with Crippen LogP contribution in [0.3, 0.4) is 0 Å². The summed E-state index contributed by atoms with van der Waals surface area (Å²) >= 11 is 0. The second-order valence-corrected chi connectivity index (χ2v) is 3.92. The van der Waals surface area contributed by atoms with Crippen LogP contribution in [0.4, 0.5) is 0 Å². The van der Waals surface area contributed by atoms with Gasteiger partial charge in [-0.15, -0.1) is 0 Å². The fourth-order valence-corrected chi connectivity index (χ4v) is 1.90. The van der Waals surface area contributed by atoms with E-state index in [9.17, 15) is 9.90 Å². The molecule has 0 bridgehead atoms. The summed E-state index contributed by atoms with van der Waals surface area (Å²) in [4.78, 5) is 13.4. The Labute approximate surface area is 93.8 Å². The van der Waals surface area contributed by atoms with Crippen LogP contribution in [-0.2, 0) is 17.8 Å². The molecular weight excluding hydrogens is 206 g/mol. The first-order chi connectivity index (χ1) is 7.72. The number of aromatic nitrogens is 2. The molecule has 5 heteroatoms. The zero-order valence-corrected chi connectivity index (χ0v) is 9.02. The Morgan fingerprint density at radius 2 is 2.56 bits per heavy atom. The van der Waals surface area contributed by atoms with E-state index in [-0.39, 0.29) is 5.91 Å². The van der Waals surface area contributed by atoms with Crippen molar-refractivity contribution >= 4 is 5.91 Å². The van der Waals surface area contributed by atoms with Crippen LogP contribution in [-0.4, -0.2) is 38.8 Å². The third kappa shape index (κ3) is 1.99. The third-order valence-electron chi connectivity index (χ3n) is 2.81. The molecule has 0 aromatic carbocycles. The predicted octanol–water partition coefficient (Wildman–Crippen LogP) is 0.231. The molecule has 1 aromatic heterocycles. The summed E-state index contributed by atoms with van der Waals surface area (Å²) in [6, 6.07) is 0. The van der Waals surface area contributed by atoms with Gasteiger partial charge in [0.05, 0.1) is 6.20 Å². The molecule has 1 unspecified atom stereocenters. The summed E-state index contributed by atoms with van der Waals surface area (Å²) in [5.74, 6) is -0.288. The van der Waals surface area contributed by atoms with Gasteiger partial charge < -0.3 is 10.0 Å². The Morgan fingerprint density at radius 3 is 3.31 bits per heavy atom. The largest absolute Gasteiger partial charge is 0.379 e. The molecule has 0 saturated carbocycles. The van der Waals surface area contributed by atoms with Gasteiger partial charge in [-0.2, -0.15) is 5.10 Å². The Morgan fingerprint density at radius 1 is 1.75 bits per heavy atom. The Bertz CT molecular complexity index is 400. The number of amides is 1. The lowest BCUT2D eigenvalue weighted by molar-refractivity contribution is -0.138. The van der Waals surface area contributed by atoms with E-state index in [4.69, 9.17) is 0 Å². The normalized spacial score (nSPS) is 17.4. The Kier molecular flexibility index (Phi) is 3.05. The molecule has 16 heavy (non-hydrogen) atoms. The van der Waals surface area contributed by atoms with E-state index >= 15 is 0 Å². The van der Waals surface area contributed by atoms with E-state index in [2.05, 4.69) is 16.8 Å². The van der Waals surface area contributed by atoms with Gasteiger partial charge in [-0.25, -0.2) is 0 Å². The molecule has 0 radical (unpaired) electrons. The highest BCUT2D eigenvalue weighted by molar-refractivity contribution is 5.82. The van der Waals surface area contributed by atoms with E-state index in [1.165, 1.54) is 6.08 Å². The van der Waals surface area contributed by atoms with Crippen molar-refractivity contribution < 1.29 is 9.90 Å². The van der Waals surface area contributed by atoms with Crippen molar-refractivity contribution in [1.29, 1.82) is 0 Å². The SMILES string of the molecule is C=CC(O)C(=O)N1CCCc2[nH]ncc2C1. The fraction of sp³-hybridized carbons (Fsp3) is 0.455. The maximum atomic E-state index is 11.8. The molecular formula is C11H15N3O2. The summed E-state index contributed by atoms with van der Waals surface area (Å²) in [7, 11) is 0. The van der Waals surface area contributed by atoms with E-state index in [0.29, 0.717) is 13.1 Å². The number of hydrogen-bond donors (Lipinski definition) is 2. The first-order valence-electron chi connectivity index (χ1n) is 5.33. The molecule has 2 rings (SSSR count). The van der Waals surface area contributed by atoms with Crippen LogP contribution in [0.1, 0.15) is 17.7 Å². The van der Waals surface area contributed by atoms with Gasteiger partial charge in [-0.3, -0.25) is 9.89 Å². The molecule has 0 fully saturated rings. The molecule has 1 aliphatic rings. The number of carbonyl (C=O) groups is 1. The predicted molar refractivity (Wildman–Crippen MR) is 58.5 cm³/mol. The van der Waals surface area contributed by atoms with Crippen LogP contribution in [0.15, 0.2) is 18.9 Å². The van der Waals surface area contributed by atoms with Crippen LogP contribution >= 0.6 is 0 Å². The fourth-order valence-electron chi connectivity index (χ4n) is 1.90. The highest BCUT2D eigenvalue weighted by Gasteiger charge is 2.23. The van der Waals surface area contributed by atoms with Crippen molar-refractivity contribution in [3.63, 3.8) is 0 Å². The number of carbonyl (C=O) groups excluding carboxylic acids is 1. The van der Waals surface area contributed by atoms with Gasteiger partial charge >= 0.3 is 0 Å². The minimum absolute atomic E-state index is 0.288. The second-order valence-electron chi connectivity index (χ2n) is 3.92. The monoisotopic (exact) mass is 221 g/mol. The maximum Gasteiger partial charge on any atom is 0.255 e. The van der Waals surface area contributed by atoms with Crippen LogP contribution < -0.4 is 0 Å². The van der Waals surface area contributed by atoms with E-state index in [1.807, 2.05) is 0 Å². The average molecular weight is 221 g/mol. The van der Waals surface area contributed by atoms with Gasteiger partial charge in [0.1, 0.15) is 0 Å². The highest BCUT2D eigenvalue weighted by Crippen LogP contribution is 2.16. The molecule has 1 aromatic rings.